The molecule has 4 aromatic rings. The smallest absolute Gasteiger partial charge is 0.123 e. The fourth-order valence-electron chi connectivity index (χ4n) is 4.92. The minimum Gasteiger partial charge on any atom is -0.383 e. The van der Waals surface area contributed by atoms with Crippen molar-refractivity contribution in [3.63, 3.8) is 0 Å². The molecule has 10 heteroatoms. The number of aromatic nitrogens is 4. The van der Waals surface area contributed by atoms with E-state index in [9.17, 15) is 9.65 Å². The van der Waals surface area contributed by atoms with E-state index < -0.39 is 0 Å². The van der Waals surface area contributed by atoms with E-state index in [1.165, 1.54) is 12.1 Å². The van der Waals surface area contributed by atoms with Crippen LogP contribution in [0.5, 0.6) is 0 Å². The van der Waals surface area contributed by atoms with E-state index in [0.29, 0.717) is 46.9 Å². The van der Waals surface area contributed by atoms with Crippen LogP contribution in [-0.2, 0) is 4.74 Å². The van der Waals surface area contributed by atoms with Crippen LogP contribution in [0.3, 0.4) is 0 Å². The van der Waals surface area contributed by atoms with Crippen molar-refractivity contribution in [2.24, 2.45) is 5.92 Å². The zero-order valence-electron chi connectivity index (χ0n) is 20.7. The molecule has 2 fully saturated rings. The molecule has 6 rings (SSSR count). The molecule has 0 bridgehead atoms. The first-order valence-corrected chi connectivity index (χ1v) is 13.2. The Labute approximate surface area is 224 Å². The zero-order chi connectivity index (χ0) is 26.1. The van der Waals surface area contributed by atoms with Gasteiger partial charge in [-0.2, -0.15) is 5.26 Å². The monoisotopic (exact) mass is 531 g/mol. The van der Waals surface area contributed by atoms with E-state index in [1.807, 2.05) is 23.0 Å². The van der Waals surface area contributed by atoms with Gasteiger partial charge in [0.2, 0.25) is 0 Å². The highest BCUT2D eigenvalue weighted by Crippen LogP contribution is 2.37. The maximum Gasteiger partial charge on any atom is 0.123 e. The molecule has 8 nitrogen and oxygen atoms in total. The maximum atomic E-state index is 13.7. The second-order valence-electron chi connectivity index (χ2n) is 9.96. The normalized spacial score (nSPS) is 18.2. The SMILES string of the molecule is N#Cc1cnc2c(Cl)cc(NC(c3ccc(F)cc3)c3cn(C4CC4)nn3)cc2c1NCC1CCCOC1. The predicted octanol–water partition coefficient (Wildman–Crippen LogP) is 5.87. The Morgan fingerprint density at radius 1 is 1.21 bits per heavy atom. The van der Waals surface area contributed by atoms with Crippen molar-refractivity contribution in [3.8, 4) is 6.07 Å². The summed E-state index contributed by atoms with van der Waals surface area (Å²) in [5.74, 6) is 0.0595. The van der Waals surface area contributed by atoms with E-state index in [0.717, 1.165) is 54.6 Å². The van der Waals surface area contributed by atoms with Gasteiger partial charge in [0.05, 0.1) is 46.7 Å². The maximum absolute atomic E-state index is 13.7. The molecule has 2 aromatic heterocycles. The first-order valence-electron chi connectivity index (χ1n) is 12.9. The number of rotatable bonds is 8. The van der Waals surface area contributed by atoms with Crippen molar-refractivity contribution in [2.45, 2.75) is 37.8 Å². The van der Waals surface area contributed by atoms with Crippen LogP contribution in [0.1, 0.15) is 54.6 Å². The third-order valence-corrected chi connectivity index (χ3v) is 7.41. The molecule has 1 aliphatic heterocycles. The number of nitrogens with one attached hydrogen (secondary N) is 2. The van der Waals surface area contributed by atoms with Gasteiger partial charge >= 0.3 is 0 Å². The number of ether oxygens (including phenoxy) is 1. The Balaban J connectivity index is 1.37. The van der Waals surface area contributed by atoms with E-state index in [-0.39, 0.29) is 11.9 Å². The number of anilines is 2. The lowest BCUT2D eigenvalue weighted by atomic mass is 10.0. The minimum absolute atomic E-state index is 0.308. The fourth-order valence-corrected chi connectivity index (χ4v) is 5.19. The molecule has 1 saturated carbocycles. The zero-order valence-corrected chi connectivity index (χ0v) is 21.5. The summed E-state index contributed by atoms with van der Waals surface area (Å²) in [5.41, 5.74) is 4.04. The Morgan fingerprint density at radius 2 is 2.05 bits per heavy atom. The van der Waals surface area contributed by atoms with Gasteiger partial charge in [-0.3, -0.25) is 4.98 Å². The van der Waals surface area contributed by atoms with Gasteiger partial charge in [0.15, 0.2) is 0 Å². The summed E-state index contributed by atoms with van der Waals surface area (Å²) in [7, 11) is 0. The average Bonchev–Trinajstić information content (AvgIpc) is 3.68. The van der Waals surface area contributed by atoms with Crippen LogP contribution in [0, 0.1) is 23.1 Å². The van der Waals surface area contributed by atoms with Gasteiger partial charge in [-0.25, -0.2) is 9.07 Å². The van der Waals surface area contributed by atoms with Gasteiger partial charge in [0, 0.05) is 30.4 Å². The van der Waals surface area contributed by atoms with Gasteiger partial charge < -0.3 is 15.4 Å². The predicted molar refractivity (Wildman–Crippen MR) is 144 cm³/mol. The first kappa shape index (κ1) is 24.6. The van der Waals surface area contributed by atoms with Gasteiger partial charge in [0.25, 0.3) is 0 Å². The van der Waals surface area contributed by atoms with Crippen molar-refractivity contribution in [2.75, 3.05) is 30.4 Å². The topological polar surface area (TPSA) is 101 Å². The van der Waals surface area contributed by atoms with Crippen molar-refractivity contribution in [1.29, 1.82) is 5.26 Å². The van der Waals surface area contributed by atoms with E-state index >= 15 is 0 Å². The second kappa shape index (κ2) is 10.6. The lowest BCUT2D eigenvalue weighted by Crippen LogP contribution is -2.24. The highest BCUT2D eigenvalue weighted by Gasteiger charge is 2.27. The molecule has 2 N–H and O–H groups in total. The molecule has 194 valence electrons. The third kappa shape index (κ3) is 5.15. The quantitative estimate of drug-likeness (QED) is 0.293. The van der Waals surface area contributed by atoms with Crippen LogP contribution < -0.4 is 10.6 Å². The summed E-state index contributed by atoms with van der Waals surface area (Å²) >= 11 is 6.71. The molecule has 1 saturated heterocycles. The third-order valence-electron chi connectivity index (χ3n) is 7.13. The van der Waals surface area contributed by atoms with Crippen molar-refractivity contribution in [3.05, 3.63) is 76.5 Å². The van der Waals surface area contributed by atoms with Crippen LogP contribution in [0.2, 0.25) is 5.02 Å². The Morgan fingerprint density at radius 3 is 2.79 bits per heavy atom. The summed E-state index contributed by atoms with van der Waals surface area (Å²) in [5, 5.41) is 26.8. The Bertz CT molecular complexity index is 1490. The second-order valence-corrected chi connectivity index (χ2v) is 10.4. The first-order chi connectivity index (χ1) is 18.6. The van der Waals surface area contributed by atoms with Crippen molar-refractivity contribution in [1.82, 2.24) is 20.0 Å². The Kier molecular flexibility index (Phi) is 6.83. The standard InChI is InChI=1S/C28H27ClFN7O/c29-24-11-21(10-23-26(19(12-31)14-33-28(23)24)32-13-17-2-1-9-38-16-17)34-27(18-3-5-20(30)6-4-18)25-15-37(36-35-25)22-7-8-22/h3-6,10-11,14-15,17,22,27,34H,1-2,7-9,13,16H2,(H,32,33). The molecular weight excluding hydrogens is 505 g/mol. The number of fused-ring (bicyclic) bond motifs is 1. The number of benzene rings is 2. The summed E-state index contributed by atoms with van der Waals surface area (Å²) in [4.78, 5) is 4.47. The molecule has 1 aliphatic carbocycles. The molecular formula is C28H27ClFN7O. The molecule has 2 aromatic carbocycles. The van der Waals surface area contributed by atoms with Gasteiger partial charge in [-0.05, 0) is 61.4 Å². The van der Waals surface area contributed by atoms with Crippen LogP contribution in [0.25, 0.3) is 10.9 Å². The average molecular weight is 532 g/mol. The molecule has 38 heavy (non-hydrogen) atoms. The summed E-state index contributed by atoms with van der Waals surface area (Å²) in [6.45, 7) is 2.18. The molecule has 3 heterocycles. The number of nitrogens with zero attached hydrogens (tertiary/aromatic N) is 5. The van der Waals surface area contributed by atoms with Crippen LogP contribution in [-0.4, -0.2) is 39.7 Å². The molecule has 0 radical (unpaired) electrons. The van der Waals surface area contributed by atoms with Gasteiger partial charge in [-0.15, -0.1) is 5.10 Å². The number of hydrogen-bond acceptors (Lipinski definition) is 7. The highest BCUT2D eigenvalue weighted by molar-refractivity contribution is 6.35. The Hall–Kier alpha value is -3.74. The van der Waals surface area contributed by atoms with Crippen LogP contribution in [0.15, 0.2) is 48.8 Å². The molecule has 2 unspecified atom stereocenters. The van der Waals surface area contributed by atoms with Crippen LogP contribution in [0.4, 0.5) is 15.8 Å². The van der Waals surface area contributed by atoms with Crippen LogP contribution >= 0.6 is 11.6 Å². The van der Waals surface area contributed by atoms with Gasteiger partial charge in [-0.1, -0.05) is 28.9 Å². The fraction of sp³-hybridized carbons (Fsp3) is 0.357. The van der Waals surface area contributed by atoms with Crippen molar-refractivity contribution < 1.29 is 9.13 Å². The van der Waals surface area contributed by atoms with Gasteiger partial charge in [0.1, 0.15) is 17.6 Å². The summed E-state index contributed by atoms with van der Waals surface area (Å²) < 4.78 is 21.2. The van der Waals surface area contributed by atoms with E-state index in [1.54, 1.807) is 18.3 Å². The van der Waals surface area contributed by atoms with E-state index in [4.69, 9.17) is 16.3 Å². The number of hydrogen-bond donors (Lipinski definition) is 2. The largest absolute Gasteiger partial charge is 0.383 e. The molecule has 2 atom stereocenters. The highest BCUT2D eigenvalue weighted by atomic mass is 35.5. The summed E-state index contributed by atoms with van der Waals surface area (Å²) in [6.07, 6.45) is 7.79. The van der Waals surface area contributed by atoms with Crippen molar-refractivity contribution >= 4 is 33.9 Å². The van der Waals surface area contributed by atoms with E-state index in [2.05, 4.69) is 32.0 Å². The number of halogens is 2. The number of nitriles is 1. The molecule has 0 amide bonds. The lowest BCUT2D eigenvalue weighted by molar-refractivity contribution is 0.0595. The lowest BCUT2D eigenvalue weighted by Gasteiger charge is -2.24. The molecule has 0 spiro atoms. The summed E-state index contributed by atoms with van der Waals surface area (Å²) in [6, 6.07) is 12.3. The minimum atomic E-state index is -0.389. The molecule has 2 aliphatic rings. The number of pyridine rings is 1.